The van der Waals surface area contributed by atoms with Gasteiger partial charge in [-0.3, -0.25) is 14.4 Å². The van der Waals surface area contributed by atoms with E-state index in [1.54, 1.807) is 24.3 Å². The van der Waals surface area contributed by atoms with Crippen LogP contribution in [-0.2, 0) is 27.3 Å². The molecule has 5 amide bonds. The molecule has 2 aliphatic rings. The number of methoxy groups -OCH3 is 1. The molecular weight excluding hydrogens is 412 g/mol. The molecule has 2 heterocycles. The SMILES string of the molecule is CNC(=O)C1Cc2ccccc2CN1C(=O)CC1NC(=O)N(c2ccc(OC)cc2)C1=O. The van der Waals surface area contributed by atoms with Gasteiger partial charge in [-0.25, -0.2) is 9.69 Å². The Bertz CT molecular complexity index is 1070. The lowest BCUT2D eigenvalue weighted by atomic mass is 9.93. The fourth-order valence-corrected chi connectivity index (χ4v) is 4.12. The Morgan fingerprint density at radius 1 is 1.09 bits per heavy atom. The molecular formula is C23H24N4O5. The standard InChI is InChI=1S/C23H24N4O5/c1-24-21(29)19-11-14-5-3-4-6-15(14)13-26(19)20(28)12-18-22(30)27(23(31)25-18)16-7-9-17(32-2)10-8-16/h3-10,18-19H,11-13H2,1-2H3,(H,24,29)(H,25,31). The molecule has 2 N–H and O–H groups in total. The minimum Gasteiger partial charge on any atom is -0.497 e. The highest BCUT2D eigenvalue weighted by molar-refractivity contribution is 6.22. The van der Waals surface area contributed by atoms with Crippen molar-refractivity contribution in [3.63, 3.8) is 0 Å². The molecule has 0 bridgehead atoms. The second kappa shape index (κ2) is 8.70. The molecule has 2 aromatic rings. The number of nitrogens with one attached hydrogen (secondary N) is 2. The van der Waals surface area contributed by atoms with Crippen LogP contribution < -0.4 is 20.3 Å². The molecule has 9 nitrogen and oxygen atoms in total. The fourth-order valence-electron chi connectivity index (χ4n) is 4.12. The van der Waals surface area contributed by atoms with Crippen molar-refractivity contribution in [2.24, 2.45) is 0 Å². The number of ether oxygens (including phenoxy) is 1. The molecule has 2 aliphatic heterocycles. The summed E-state index contributed by atoms with van der Waals surface area (Å²) >= 11 is 0. The maximum absolute atomic E-state index is 13.2. The van der Waals surface area contributed by atoms with Gasteiger partial charge in [-0.2, -0.15) is 0 Å². The van der Waals surface area contributed by atoms with Crippen LogP contribution in [0.3, 0.4) is 0 Å². The van der Waals surface area contributed by atoms with E-state index in [-0.39, 0.29) is 24.8 Å². The van der Waals surface area contributed by atoms with Crippen LogP contribution in [0.2, 0.25) is 0 Å². The predicted molar refractivity (Wildman–Crippen MR) is 116 cm³/mol. The summed E-state index contributed by atoms with van der Waals surface area (Å²) in [6.07, 6.45) is 0.164. The first-order chi connectivity index (χ1) is 15.4. The number of likely N-dealkylation sites (N-methyl/N-ethyl adjacent to an activating group) is 1. The lowest BCUT2D eigenvalue weighted by molar-refractivity contribution is -0.142. The highest BCUT2D eigenvalue weighted by atomic mass is 16.5. The maximum Gasteiger partial charge on any atom is 0.329 e. The van der Waals surface area contributed by atoms with Crippen LogP contribution in [0.25, 0.3) is 0 Å². The van der Waals surface area contributed by atoms with Crippen molar-refractivity contribution in [2.75, 3.05) is 19.1 Å². The summed E-state index contributed by atoms with van der Waals surface area (Å²) in [4.78, 5) is 53.5. The fraction of sp³-hybridized carbons (Fsp3) is 0.304. The number of rotatable bonds is 5. The van der Waals surface area contributed by atoms with E-state index in [0.717, 1.165) is 16.0 Å². The highest BCUT2D eigenvalue weighted by Crippen LogP contribution is 2.27. The molecule has 2 atom stereocenters. The van der Waals surface area contributed by atoms with Gasteiger partial charge in [-0.15, -0.1) is 0 Å². The Balaban J connectivity index is 1.51. The zero-order valence-electron chi connectivity index (χ0n) is 17.8. The number of hydrogen-bond donors (Lipinski definition) is 2. The number of carbonyl (C=O) groups is 4. The minimum atomic E-state index is -1.00. The number of hydrogen-bond acceptors (Lipinski definition) is 5. The number of carbonyl (C=O) groups excluding carboxylic acids is 4. The average molecular weight is 436 g/mol. The van der Waals surface area contributed by atoms with E-state index < -0.39 is 24.0 Å². The van der Waals surface area contributed by atoms with Crippen LogP contribution in [0.15, 0.2) is 48.5 Å². The lowest BCUT2D eigenvalue weighted by Gasteiger charge is -2.36. The van der Waals surface area contributed by atoms with Crippen molar-refractivity contribution in [1.82, 2.24) is 15.5 Å². The van der Waals surface area contributed by atoms with Gasteiger partial charge in [0.25, 0.3) is 5.91 Å². The first-order valence-electron chi connectivity index (χ1n) is 10.3. The normalized spacial score (nSPS) is 19.9. The van der Waals surface area contributed by atoms with E-state index in [2.05, 4.69) is 10.6 Å². The molecule has 0 aromatic heterocycles. The second-order valence-corrected chi connectivity index (χ2v) is 7.70. The van der Waals surface area contributed by atoms with Crippen molar-refractivity contribution in [3.8, 4) is 5.75 Å². The third-order valence-electron chi connectivity index (χ3n) is 5.85. The summed E-state index contributed by atoms with van der Waals surface area (Å²) in [5, 5.41) is 5.20. The van der Waals surface area contributed by atoms with E-state index in [1.165, 1.54) is 19.1 Å². The molecule has 0 spiro atoms. The van der Waals surface area contributed by atoms with E-state index in [1.807, 2.05) is 24.3 Å². The van der Waals surface area contributed by atoms with Crippen LogP contribution in [0.5, 0.6) is 5.75 Å². The van der Waals surface area contributed by atoms with E-state index in [9.17, 15) is 19.2 Å². The summed E-state index contributed by atoms with van der Waals surface area (Å²) in [5.41, 5.74) is 2.36. The number of benzene rings is 2. The quantitative estimate of drug-likeness (QED) is 0.685. The first kappa shape index (κ1) is 21.4. The summed E-state index contributed by atoms with van der Waals surface area (Å²) < 4.78 is 5.10. The zero-order valence-corrected chi connectivity index (χ0v) is 17.8. The number of imide groups is 1. The maximum atomic E-state index is 13.2. The Morgan fingerprint density at radius 3 is 2.44 bits per heavy atom. The number of anilines is 1. The van der Waals surface area contributed by atoms with Crippen LogP contribution >= 0.6 is 0 Å². The largest absolute Gasteiger partial charge is 0.497 e. The molecule has 0 saturated carbocycles. The van der Waals surface area contributed by atoms with Crippen molar-refractivity contribution >= 4 is 29.4 Å². The summed E-state index contributed by atoms with van der Waals surface area (Å²) in [6.45, 7) is 0.268. The van der Waals surface area contributed by atoms with Gasteiger partial charge in [0.05, 0.1) is 19.2 Å². The van der Waals surface area contributed by atoms with E-state index in [0.29, 0.717) is 17.9 Å². The van der Waals surface area contributed by atoms with Crippen LogP contribution in [0.4, 0.5) is 10.5 Å². The Labute approximate surface area is 185 Å². The highest BCUT2D eigenvalue weighted by Gasteiger charge is 2.42. The van der Waals surface area contributed by atoms with Gasteiger partial charge in [0, 0.05) is 20.0 Å². The van der Waals surface area contributed by atoms with Crippen LogP contribution in [-0.4, -0.2) is 54.9 Å². The monoisotopic (exact) mass is 436 g/mol. The molecule has 2 unspecified atom stereocenters. The number of amides is 5. The molecule has 32 heavy (non-hydrogen) atoms. The Morgan fingerprint density at radius 2 is 1.78 bits per heavy atom. The topological polar surface area (TPSA) is 108 Å². The number of fused-ring (bicyclic) bond motifs is 1. The Kier molecular flexibility index (Phi) is 5.81. The van der Waals surface area contributed by atoms with Crippen molar-refractivity contribution in [1.29, 1.82) is 0 Å². The third-order valence-corrected chi connectivity index (χ3v) is 5.85. The summed E-state index contributed by atoms with van der Waals surface area (Å²) in [5.74, 6) is -0.557. The summed E-state index contributed by atoms with van der Waals surface area (Å²) in [6, 6.07) is 11.9. The van der Waals surface area contributed by atoms with Crippen LogP contribution in [0.1, 0.15) is 17.5 Å². The van der Waals surface area contributed by atoms with Gasteiger partial charge in [0.1, 0.15) is 17.8 Å². The molecule has 9 heteroatoms. The molecule has 1 saturated heterocycles. The molecule has 0 radical (unpaired) electrons. The molecule has 1 fully saturated rings. The van der Waals surface area contributed by atoms with Crippen LogP contribution in [0, 0.1) is 0 Å². The zero-order chi connectivity index (χ0) is 22.8. The van der Waals surface area contributed by atoms with E-state index in [4.69, 9.17) is 4.74 Å². The van der Waals surface area contributed by atoms with Gasteiger partial charge in [0.15, 0.2) is 0 Å². The smallest absolute Gasteiger partial charge is 0.329 e. The van der Waals surface area contributed by atoms with Gasteiger partial charge < -0.3 is 20.3 Å². The van der Waals surface area contributed by atoms with Crippen molar-refractivity contribution < 1.29 is 23.9 Å². The second-order valence-electron chi connectivity index (χ2n) is 7.70. The van der Waals surface area contributed by atoms with Gasteiger partial charge in [-0.05, 0) is 35.4 Å². The molecule has 4 rings (SSSR count). The van der Waals surface area contributed by atoms with Crippen molar-refractivity contribution in [3.05, 3.63) is 59.7 Å². The molecule has 0 aliphatic carbocycles. The minimum absolute atomic E-state index is 0.229. The van der Waals surface area contributed by atoms with Gasteiger partial charge in [0.2, 0.25) is 11.8 Å². The van der Waals surface area contributed by atoms with Crippen molar-refractivity contribution in [2.45, 2.75) is 31.5 Å². The van der Waals surface area contributed by atoms with E-state index >= 15 is 0 Å². The average Bonchev–Trinajstić information content (AvgIpc) is 3.10. The van der Waals surface area contributed by atoms with Gasteiger partial charge in [-0.1, -0.05) is 24.3 Å². The summed E-state index contributed by atoms with van der Waals surface area (Å²) in [7, 11) is 3.05. The number of urea groups is 1. The van der Waals surface area contributed by atoms with Gasteiger partial charge >= 0.3 is 6.03 Å². The third kappa shape index (κ3) is 3.89. The number of nitrogens with zero attached hydrogens (tertiary/aromatic N) is 2. The first-order valence-corrected chi connectivity index (χ1v) is 10.3. The predicted octanol–water partition coefficient (Wildman–Crippen LogP) is 1.21. The molecule has 2 aromatic carbocycles. The lowest BCUT2D eigenvalue weighted by Crippen LogP contribution is -2.53. The molecule has 166 valence electrons. The Hall–Kier alpha value is -3.88.